The van der Waals surface area contributed by atoms with E-state index in [0.717, 1.165) is 34.0 Å². The van der Waals surface area contributed by atoms with Crippen molar-refractivity contribution in [2.45, 2.75) is 32.4 Å². The number of nitrogens with one attached hydrogen (secondary N) is 5. The van der Waals surface area contributed by atoms with E-state index < -0.39 is 0 Å². The normalized spacial score (nSPS) is 20.8. The third-order valence-electron chi connectivity index (χ3n) is 5.63. The van der Waals surface area contributed by atoms with Crippen LogP contribution >= 0.6 is 11.6 Å². The van der Waals surface area contributed by atoms with Crippen molar-refractivity contribution in [3.8, 4) is 0 Å². The van der Waals surface area contributed by atoms with Gasteiger partial charge in [-0.3, -0.25) is 5.01 Å². The molecular weight excluding hydrogens is 396 g/mol. The Balaban J connectivity index is 1.84. The van der Waals surface area contributed by atoms with Crippen molar-refractivity contribution < 1.29 is 0 Å². The number of fused-ring (bicyclic) bond motifs is 3. The van der Waals surface area contributed by atoms with E-state index in [0.29, 0.717) is 0 Å². The molecule has 7 heteroatoms. The minimum atomic E-state index is 0.102. The molecule has 0 amide bonds. The minimum Gasteiger partial charge on any atom is -0.393 e. The first-order chi connectivity index (χ1) is 14.5. The van der Waals surface area contributed by atoms with E-state index in [9.17, 15) is 0 Å². The van der Waals surface area contributed by atoms with Gasteiger partial charge < -0.3 is 21.5 Å². The Kier molecular flexibility index (Phi) is 5.70. The number of anilines is 1. The minimum absolute atomic E-state index is 0.102. The van der Waals surface area contributed by atoms with Crippen LogP contribution in [0.3, 0.4) is 0 Å². The summed E-state index contributed by atoms with van der Waals surface area (Å²) in [7, 11) is 1.85. The van der Waals surface area contributed by atoms with Crippen molar-refractivity contribution in [1.82, 2.24) is 21.3 Å². The topological polar surface area (TPSA) is 75.2 Å². The molecule has 2 atom stereocenters. The van der Waals surface area contributed by atoms with Crippen LogP contribution in [0.25, 0.3) is 11.3 Å². The largest absolute Gasteiger partial charge is 0.393 e. The van der Waals surface area contributed by atoms with Crippen molar-refractivity contribution in [3.63, 3.8) is 0 Å². The molecule has 2 aromatic rings. The molecule has 0 aromatic heterocycles. The van der Waals surface area contributed by atoms with Crippen LogP contribution in [0, 0.1) is 5.41 Å². The molecule has 2 aromatic carbocycles. The first-order valence-corrected chi connectivity index (χ1v) is 10.5. The Bertz CT molecular complexity index is 1010. The molecule has 2 heterocycles. The summed E-state index contributed by atoms with van der Waals surface area (Å²) in [5.41, 5.74) is 14.1. The SMILES string of the molecule is CN/C=C(\C=N)c1ccc2c(c1)C(Nc1ccc(Cl)cc1)CC(C)N1NNC(C)=C21. The van der Waals surface area contributed by atoms with Crippen molar-refractivity contribution >= 4 is 34.8 Å². The first-order valence-electron chi connectivity index (χ1n) is 10.1. The van der Waals surface area contributed by atoms with Crippen LogP contribution in [0.4, 0.5) is 5.69 Å². The maximum atomic E-state index is 7.82. The van der Waals surface area contributed by atoms with E-state index >= 15 is 0 Å². The van der Waals surface area contributed by atoms with Crippen molar-refractivity contribution in [1.29, 1.82) is 5.41 Å². The molecule has 156 valence electrons. The van der Waals surface area contributed by atoms with E-state index in [4.69, 9.17) is 17.0 Å². The van der Waals surface area contributed by atoms with Crippen LogP contribution < -0.4 is 21.6 Å². The number of halogens is 1. The third kappa shape index (κ3) is 3.76. The second-order valence-corrected chi connectivity index (χ2v) is 8.14. The fourth-order valence-corrected chi connectivity index (χ4v) is 4.30. The summed E-state index contributed by atoms with van der Waals surface area (Å²) < 4.78 is 0. The van der Waals surface area contributed by atoms with Crippen molar-refractivity contribution in [3.05, 3.63) is 76.1 Å². The molecule has 4 rings (SSSR count). The van der Waals surface area contributed by atoms with Gasteiger partial charge >= 0.3 is 0 Å². The van der Waals surface area contributed by atoms with Gasteiger partial charge in [0, 0.05) is 47.4 Å². The summed E-state index contributed by atoms with van der Waals surface area (Å²) in [5.74, 6) is 0. The molecule has 0 radical (unpaired) electrons. The quantitative estimate of drug-likeness (QED) is 0.458. The van der Waals surface area contributed by atoms with Crippen molar-refractivity contribution in [2.24, 2.45) is 0 Å². The number of benzene rings is 2. The summed E-state index contributed by atoms with van der Waals surface area (Å²) in [6, 6.07) is 14.6. The number of hydrazine groups is 2. The van der Waals surface area contributed by atoms with Crippen LogP contribution in [0.15, 0.2) is 54.4 Å². The summed E-state index contributed by atoms with van der Waals surface area (Å²) in [5, 5.41) is 17.5. The van der Waals surface area contributed by atoms with Crippen LogP contribution in [0.1, 0.15) is 43.0 Å². The summed E-state index contributed by atoms with van der Waals surface area (Å²) in [6.07, 6.45) is 4.14. The van der Waals surface area contributed by atoms with Gasteiger partial charge in [0.15, 0.2) is 0 Å². The molecule has 2 unspecified atom stereocenters. The maximum Gasteiger partial charge on any atom is 0.0817 e. The number of allylic oxidation sites excluding steroid dienone is 2. The zero-order chi connectivity index (χ0) is 21.3. The van der Waals surface area contributed by atoms with Gasteiger partial charge in [-0.1, -0.05) is 23.7 Å². The Morgan fingerprint density at radius 3 is 2.70 bits per heavy atom. The van der Waals surface area contributed by atoms with Crippen molar-refractivity contribution in [2.75, 3.05) is 12.4 Å². The molecule has 0 saturated heterocycles. The standard InChI is InChI=1S/C23H27ClN6/c1-14-10-22(27-19-7-5-18(24)6-8-19)21-11-16(17(12-25)13-26-3)4-9-20(21)23-15(2)28-29-30(14)23/h4-9,11-14,22,25-29H,10H2,1-3H3/b17-13+,25-12?. The number of nitrogens with zero attached hydrogens (tertiary/aromatic N) is 1. The highest BCUT2D eigenvalue weighted by Gasteiger charge is 2.34. The second-order valence-electron chi connectivity index (χ2n) is 7.70. The van der Waals surface area contributed by atoms with E-state index in [-0.39, 0.29) is 12.1 Å². The van der Waals surface area contributed by atoms with Gasteiger partial charge in [0.05, 0.1) is 17.4 Å². The molecular formula is C23H27ClN6. The van der Waals surface area contributed by atoms with Crippen LogP contribution in [-0.4, -0.2) is 24.3 Å². The lowest BCUT2D eigenvalue weighted by Crippen LogP contribution is -2.43. The highest BCUT2D eigenvalue weighted by molar-refractivity contribution is 6.30. The smallest absolute Gasteiger partial charge is 0.0817 e. The number of hydrogen-bond donors (Lipinski definition) is 5. The highest BCUT2D eigenvalue weighted by Crippen LogP contribution is 2.40. The molecule has 2 aliphatic heterocycles. The Hall–Kier alpha value is -2.96. The lowest BCUT2D eigenvalue weighted by atomic mass is 9.92. The molecule has 0 saturated carbocycles. The third-order valence-corrected chi connectivity index (χ3v) is 5.89. The van der Waals surface area contributed by atoms with Gasteiger partial charge in [-0.2, -0.15) is 0 Å². The molecule has 2 aliphatic rings. The summed E-state index contributed by atoms with van der Waals surface area (Å²) >= 11 is 6.08. The van der Waals surface area contributed by atoms with E-state index in [1.165, 1.54) is 23.0 Å². The molecule has 0 aliphatic carbocycles. The van der Waals surface area contributed by atoms with E-state index in [2.05, 4.69) is 58.6 Å². The Morgan fingerprint density at radius 1 is 1.23 bits per heavy atom. The average Bonchev–Trinajstić information content (AvgIpc) is 3.09. The number of rotatable bonds is 5. The molecule has 30 heavy (non-hydrogen) atoms. The first kappa shape index (κ1) is 20.3. The van der Waals surface area contributed by atoms with Gasteiger partial charge in [-0.15, -0.1) is 5.53 Å². The predicted octanol–water partition coefficient (Wildman–Crippen LogP) is 4.51. The second kappa shape index (κ2) is 8.42. The van der Waals surface area contributed by atoms with E-state index in [1.54, 1.807) is 0 Å². The Labute approximate surface area is 182 Å². The van der Waals surface area contributed by atoms with Gasteiger partial charge in [-0.25, -0.2) is 0 Å². The molecule has 6 nitrogen and oxygen atoms in total. The Morgan fingerprint density at radius 2 is 2.00 bits per heavy atom. The monoisotopic (exact) mass is 422 g/mol. The van der Waals surface area contributed by atoms with Gasteiger partial charge in [-0.05, 0) is 61.7 Å². The maximum absolute atomic E-state index is 7.82. The fraction of sp³-hybridized carbons (Fsp3) is 0.261. The zero-order valence-electron chi connectivity index (χ0n) is 17.4. The summed E-state index contributed by atoms with van der Waals surface area (Å²) in [4.78, 5) is 0. The molecule has 0 spiro atoms. The van der Waals surface area contributed by atoms with Crippen LogP contribution in [0.5, 0.6) is 0 Å². The summed E-state index contributed by atoms with van der Waals surface area (Å²) in [6.45, 7) is 4.31. The van der Waals surface area contributed by atoms with Crippen LogP contribution in [-0.2, 0) is 0 Å². The molecule has 0 bridgehead atoms. The molecule has 0 fully saturated rings. The fourth-order valence-electron chi connectivity index (χ4n) is 4.17. The van der Waals surface area contributed by atoms with E-state index in [1.807, 2.05) is 37.5 Å². The average molecular weight is 423 g/mol. The number of hydrogen-bond acceptors (Lipinski definition) is 6. The van der Waals surface area contributed by atoms with Crippen LogP contribution in [0.2, 0.25) is 5.02 Å². The zero-order valence-corrected chi connectivity index (χ0v) is 18.1. The predicted molar refractivity (Wildman–Crippen MR) is 125 cm³/mol. The molecule has 5 N–H and O–H groups in total. The van der Waals surface area contributed by atoms with Gasteiger partial charge in [0.25, 0.3) is 0 Å². The highest BCUT2D eigenvalue weighted by atomic mass is 35.5. The van der Waals surface area contributed by atoms with Gasteiger partial charge in [0.1, 0.15) is 0 Å². The lowest BCUT2D eigenvalue weighted by molar-refractivity contribution is 0.211. The van der Waals surface area contributed by atoms with Gasteiger partial charge in [0.2, 0.25) is 0 Å². The lowest BCUT2D eigenvalue weighted by Gasteiger charge is -2.27.